The van der Waals surface area contributed by atoms with Crippen molar-refractivity contribution in [2.45, 2.75) is 17.7 Å². The second-order valence-corrected chi connectivity index (χ2v) is 6.02. The molecule has 0 saturated carbocycles. The first-order valence-corrected chi connectivity index (χ1v) is 7.93. The number of thioether (sulfide) groups is 1. The third kappa shape index (κ3) is 4.62. The lowest BCUT2D eigenvalue weighted by Crippen LogP contribution is -2.30. The van der Waals surface area contributed by atoms with Crippen molar-refractivity contribution in [1.29, 1.82) is 0 Å². The van der Waals surface area contributed by atoms with E-state index in [0.717, 1.165) is 0 Å². The van der Waals surface area contributed by atoms with Crippen LogP contribution in [-0.4, -0.2) is 22.9 Å². The zero-order valence-corrected chi connectivity index (χ0v) is 12.5. The van der Waals surface area contributed by atoms with Gasteiger partial charge in [0.05, 0.1) is 5.25 Å². The first-order chi connectivity index (χ1) is 10.2. The van der Waals surface area contributed by atoms with Crippen LogP contribution in [0.25, 0.3) is 0 Å². The number of carboxylic acid groups (broad SMARTS) is 1. The van der Waals surface area contributed by atoms with Gasteiger partial charge in [0.25, 0.3) is 0 Å². The van der Waals surface area contributed by atoms with E-state index >= 15 is 0 Å². The number of hydrogen-bond donors (Lipinski definition) is 2. The van der Waals surface area contributed by atoms with Gasteiger partial charge in [-0.1, -0.05) is 60.7 Å². The summed E-state index contributed by atoms with van der Waals surface area (Å²) in [6.45, 7) is 0. The van der Waals surface area contributed by atoms with Gasteiger partial charge >= 0.3 is 5.97 Å². The maximum atomic E-state index is 10.8. The summed E-state index contributed by atoms with van der Waals surface area (Å²) in [4.78, 5) is 10.8. The van der Waals surface area contributed by atoms with Crippen molar-refractivity contribution in [3.8, 4) is 0 Å². The molecule has 2 aromatic carbocycles. The van der Waals surface area contributed by atoms with E-state index in [-0.39, 0.29) is 5.25 Å². The van der Waals surface area contributed by atoms with Crippen LogP contribution in [0.3, 0.4) is 0 Å². The molecule has 0 aliphatic carbocycles. The van der Waals surface area contributed by atoms with E-state index in [1.807, 2.05) is 36.4 Å². The molecule has 0 aromatic heterocycles. The molecule has 0 bridgehead atoms. The molecule has 3 N–H and O–H groups in total. The van der Waals surface area contributed by atoms with Gasteiger partial charge in [0.2, 0.25) is 0 Å². The molecule has 2 aromatic rings. The van der Waals surface area contributed by atoms with Crippen molar-refractivity contribution < 1.29 is 9.90 Å². The summed E-state index contributed by atoms with van der Waals surface area (Å²) in [5, 5.41) is 9.05. The SMILES string of the molecule is N[C@@H](CCSC(c1ccccc1)c1ccccc1)C(=O)O. The fraction of sp³-hybridized carbons (Fsp3) is 0.235. The summed E-state index contributed by atoms with van der Waals surface area (Å²) in [5.74, 6) is -0.228. The number of benzene rings is 2. The Hall–Kier alpha value is -1.78. The van der Waals surface area contributed by atoms with Crippen molar-refractivity contribution in [2.75, 3.05) is 5.75 Å². The Balaban J connectivity index is 2.09. The minimum atomic E-state index is -0.938. The minimum absolute atomic E-state index is 0.202. The summed E-state index contributed by atoms with van der Waals surface area (Å²) < 4.78 is 0. The Labute approximate surface area is 129 Å². The molecule has 0 unspecified atom stereocenters. The molecule has 1 atom stereocenters. The molecular weight excluding hydrogens is 282 g/mol. The minimum Gasteiger partial charge on any atom is -0.480 e. The van der Waals surface area contributed by atoms with Gasteiger partial charge in [-0.2, -0.15) is 0 Å². The summed E-state index contributed by atoms with van der Waals surface area (Å²) in [7, 11) is 0. The highest BCUT2D eigenvalue weighted by Crippen LogP contribution is 2.35. The lowest BCUT2D eigenvalue weighted by molar-refractivity contribution is -0.138. The average Bonchev–Trinajstić information content (AvgIpc) is 2.53. The summed E-state index contributed by atoms with van der Waals surface area (Å²) in [6.07, 6.45) is 0.468. The van der Waals surface area contributed by atoms with Crippen LogP contribution in [0.2, 0.25) is 0 Å². The van der Waals surface area contributed by atoms with E-state index in [0.29, 0.717) is 12.2 Å². The quantitative estimate of drug-likeness (QED) is 0.823. The number of aliphatic carboxylic acids is 1. The second kappa shape index (κ2) is 7.86. The van der Waals surface area contributed by atoms with Crippen LogP contribution < -0.4 is 5.73 Å². The molecule has 0 radical (unpaired) electrons. The van der Waals surface area contributed by atoms with Gasteiger partial charge in [-0.05, 0) is 23.3 Å². The predicted molar refractivity (Wildman–Crippen MR) is 87.4 cm³/mol. The molecule has 0 saturated heterocycles. The second-order valence-electron chi connectivity index (χ2n) is 4.81. The summed E-state index contributed by atoms with van der Waals surface area (Å²) >= 11 is 1.73. The smallest absolute Gasteiger partial charge is 0.320 e. The molecule has 4 heteroatoms. The topological polar surface area (TPSA) is 63.3 Å². The third-order valence-corrected chi connectivity index (χ3v) is 4.58. The van der Waals surface area contributed by atoms with E-state index in [1.54, 1.807) is 11.8 Å². The molecule has 0 fully saturated rings. The number of carboxylic acids is 1. The van der Waals surface area contributed by atoms with Gasteiger partial charge in [0.15, 0.2) is 0 Å². The van der Waals surface area contributed by atoms with Crippen molar-refractivity contribution >= 4 is 17.7 Å². The molecule has 0 aliphatic rings. The average molecular weight is 301 g/mol. The van der Waals surface area contributed by atoms with Crippen LogP contribution >= 0.6 is 11.8 Å². The van der Waals surface area contributed by atoms with Crippen molar-refractivity contribution in [2.24, 2.45) is 5.73 Å². The van der Waals surface area contributed by atoms with Gasteiger partial charge in [0, 0.05) is 0 Å². The molecule has 0 heterocycles. The first-order valence-electron chi connectivity index (χ1n) is 6.88. The Kier molecular flexibility index (Phi) is 5.84. The Morgan fingerprint density at radius 2 is 1.48 bits per heavy atom. The van der Waals surface area contributed by atoms with E-state index in [2.05, 4.69) is 24.3 Å². The maximum absolute atomic E-state index is 10.8. The molecule has 21 heavy (non-hydrogen) atoms. The van der Waals surface area contributed by atoms with E-state index in [9.17, 15) is 4.79 Å². The Morgan fingerprint density at radius 1 is 1.00 bits per heavy atom. The van der Waals surface area contributed by atoms with E-state index in [4.69, 9.17) is 10.8 Å². The number of hydrogen-bond acceptors (Lipinski definition) is 3. The van der Waals surface area contributed by atoms with Crippen LogP contribution in [0.15, 0.2) is 60.7 Å². The monoisotopic (exact) mass is 301 g/mol. The van der Waals surface area contributed by atoms with Crippen molar-refractivity contribution in [3.05, 3.63) is 71.8 Å². The van der Waals surface area contributed by atoms with Gasteiger partial charge < -0.3 is 10.8 Å². The molecule has 110 valence electrons. The lowest BCUT2D eigenvalue weighted by atomic mass is 10.0. The van der Waals surface area contributed by atoms with Crippen molar-refractivity contribution in [1.82, 2.24) is 0 Å². The zero-order valence-electron chi connectivity index (χ0n) is 11.7. The van der Waals surface area contributed by atoms with Gasteiger partial charge in [-0.25, -0.2) is 0 Å². The fourth-order valence-corrected chi connectivity index (χ4v) is 3.40. The van der Waals surface area contributed by atoms with Crippen LogP contribution in [0.4, 0.5) is 0 Å². The lowest BCUT2D eigenvalue weighted by Gasteiger charge is -2.18. The molecule has 0 amide bonds. The highest BCUT2D eigenvalue weighted by atomic mass is 32.2. The zero-order chi connectivity index (χ0) is 15.1. The highest BCUT2D eigenvalue weighted by Gasteiger charge is 2.16. The van der Waals surface area contributed by atoms with Crippen molar-refractivity contribution in [3.63, 3.8) is 0 Å². The highest BCUT2D eigenvalue weighted by molar-refractivity contribution is 7.99. The fourth-order valence-electron chi connectivity index (χ4n) is 2.08. The van der Waals surface area contributed by atoms with Crippen LogP contribution in [-0.2, 0) is 4.79 Å². The number of rotatable bonds is 7. The standard InChI is InChI=1S/C17H19NO2S/c18-15(17(19)20)11-12-21-16(13-7-3-1-4-8-13)14-9-5-2-6-10-14/h1-10,15-16H,11-12,18H2,(H,19,20)/t15-/m0/s1. The maximum Gasteiger partial charge on any atom is 0.320 e. The van der Waals surface area contributed by atoms with Gasteiger partial charge in [-0.15, -0.1) is 11.8 Å². The first kappa shape index (κ1) is 15.6. The number of nitrogens with two attached hydrogens (primary N) is 1. The van der Waals surface area contributed by atoms with Crippen LogP contribution in [0.5, 0.6) is 0 Å². The van der Waals surface area contributed by atoms with E-state index in [1.165, 1.54) is 11.1 Å². The third-order valence-electron chi connectivity index (χ3n) is 3.24. The van der Waals surface area contributed by atoms with Gasteiger partial charge in [0.1, 0.15) is 6.04 Å². The molecule has 0 spiro atoms. The molecular formula is C17H19NO2S. The Morgan fingerprint density at radius 3 is 1.90 bits per heavy atom. The predicted octanol–water partition coefficient (Wildman–Crippen LogP) is 3.31. The normalized spacial score (nSPS) is 12.3. The number of carbonyl (C=O) groups is 1. The summed E-state index contributed by atoms with van der Waals surface area (Å²) in [5.41, 5.74) is 8.01. The molecule has 0 aliphatic heterocycles. The van der Waals surface area contributed by atoms with Gasteiger partial charge in [-0.3, -0.25) is 4.79 Å². The van der Waals surface area contributed by atoms with E-state index < -0.39 is 12.0 Å². The van der Waals surface area contributed by atoms with Crippen LogP contribution in [0, 0.1) is 0 Å². The van der Waals surface area contributed by atoms with Crippen LogP contribution in [0.1, 0.15) is 22.8 Å². The summed E-state index contributed by atoms with van der Waals surface area (Å²) in [6, 6.07) is 19.7. The Bertz CT molecular complexity index is 520. The molecule has 3 nitrogen and oxygen atoms in total. The largest absolute Gasteiger partial charge is 0.480 e. The molecule has 2 rings (SSSR count).